The molecular formula is C17H24N4O3. The van der Waals surface area contributed by atoms with Crippen LogP contribution in [0.2, 0.25) is 0 Å². The summed E-state index contributed by atoms with van der Waals surface area (Å²) < 4.78 is 1.51. The maximum Gasteiger partial charge on any atom is 0.274 e. The number of hydrogen-bond acceptors (Lipinski definition) is 4. The fourth-order valence-corrected chi connectivity index (χ4v) is 3.47. The van der Waals surface area contributed by atoms with Gasteiger partial charge in [0.25, 0.3) is 11.5 Å². The lowest BCUT2D eigenvalue weighted by Gasteiger charge is -2.26. The first-order valence-electron chi connectivity index (χ1n) is 8.47. The molecule has 7 nitrogen and oxygen atoms in total. The zero-order chi connectivity index (χ0) is 17.3. The first-order valence-corrected chi connectivity index (χ1v) is 8.47. The zero-order valence-corrected chi connectivity index (χ0v) is 14.2. The molecule has 0 bridgehead atoms. The maximum atomic E-state index is 12.6. The number of H-pyrrole nitrogens is 1. The second-order valence-corrected chi connectivity index (χ2v) is 6.83. The molecule has 0 saturated heterocycles. The molecule has 0 aromatic carbocycles. The van der Waals surface area contributed by atoms with Crippen LogP contribution >= 0.6 is 0 Å². The average Bonchev–Trinajstić information content (AvgIpc) is 2.71. The minimum absolute atomic E-state index is 0.208. The summed E-state index contributed by atoms with van der Waals surface area (Å²) in [6, 6.07) is 1.62. The summed E-state index contributed by atoms with van der Waals surface area (Å²) in [5, 5.41) is 16.4. The van der Waals surface area contributed by atoms with Gasteiger partial charge in [-0.05, 0) is 25.8 Å². The third-order valence-electron chi connectivity index (χ3n) is 4.80. The Morgan fingerprint density at radius 1 is 1.38 bits per heavy atom. The van der Waals surface area contributed by atoms with E-state index in [2.05, 4.69) is 15.4 Å². The Morgan fingerprint density at radius 3 is 2.71 bits per heavy atom. The second kappa shape index (κ2) is 6.39. The van der Waals surface area contributed by atoms with Crippen molar-refractivity contribution in [1.29, 1.82) is 0 Å². The summed E-state index contributed by atoms with van der Waals surface area (Å²) in [4.78, 5) is 29.1. The van der Waals surface area contributed by atoms with Crippen LogP contribution in [-0.4, -0.2) is 37.9 Å². The Morgan fingerprint density at radius 2 is 2.04 bits per heavy atom. The van der Waals surface area contributed by atoms with E-state index in [1.807, 2.05) is 0 Å². The monoisotopic (exact) mass is 332 g/mol. The van der Waals surface area contributed by atoms with Crippen LogP contribution in [0.3, 0.4) is 0 Å². The molecule has 0 radical (unpaired) electrons. The highest BCUT2D eigenvalue weighted by Gasteiger charge is 2.29. The zero-order valence-electron chi connectivity index (χ0n) is 14.2. The van der Waals surface area contributed by atoms with Gasteiger partial charge in [-0.2, -0.15) is 0 Å². The van der Waals surface area contributed by atoms with Gasteiger partial charge >= 0.3 is 0 Å². The van der Waals surface area contributed by atoms with Crippen molar-refractivity contribution < 1.29 is 9.90 Å². The van der Waals surface area contributed by atoms with Crippen LogP contribution < -0.4 is 10.9 Å². The molecule has 0 atom stereocenters. The summed E-state index contributed by atoms with van der Waals surface area (Å²) in [7, 11) is 1.69. The third-order valence-corrected chi connectivity index (χ3v) is 4.80. The molecule has 0 unspecified atom stereocenters. The van der Waals surface area contributed by atoms with E-state index < -0.39 is 5.60 Å². The van der Waals surface area contributed by atoms with Gasteiger partial charge in [-0.3, -0.25) is 19.4 Å². The van der Waals surface area contributed by atoms with Gasteiger partial charge < -0.3 is 10.4 Å². The van der Waals surface area contributed by atoms with Crippen molar-refractivity contribution in [3.63, 3.8) is 0 Å². The minimum Gasteiger partial charge on any atom is -0.388 e. The molecule has 1 aliphatic rings. The maximum absolute atomic E-state index is 12.6. The molecule has 3 N–H and O–H groups in total. The number of carbonyl (C=O) groups excluding carboxylic acids is 1. The highest BCUT2D eigenvalue weighted by Crippen LogP contribution is 2.26. The van der Waals surface area contributed by atoms with Crippen LogP contribution in [0.1, 0.15) is 54.6 Å². The van der Waals surface area contributed by atoms with Crippen molar-refractivity contribution in [1.82, 2.24) is 20.1 Å². The fourth-order valence-electron chi connectivity index (χ4n) is 3.47. The van der Waals surface area contributed by atoms with Crippen LogP contribution in [-0.2, 0) is 7.05 Å². The van der Waals surface area contributed by atoms with Crippen LogP contribution in [0.5, 0.6) is 0 Å². The first-order chi connectivity index (χ1) is 11.4. The predicted octanol–water partition coefficient (Wildman–Crippen LogP) is 1.39. The number of fused-ring (bicyclic) bond motifs is 1. The SMILES string of the molecule is Cc1cc(C(=O)NCC2(O)CCCCCC2)c2c(=O)[nH]n(C)c2n1. The van der Waals surface area contributed by atoms with E-state index in [-0.39, 0.29) is 23.4 Å². The molecule has 2 aromatic rings. The molecule has 24 heavy (non-hydrogen) atoms. The van der Waals surface area contributed by atoms with Gasteiger partial charge in [0.05, 0.1) is 16.6 Å². The van der Waals surface area contributed by atoms with Crippen molar-refractivity contribution in [3.05, 3.63) is 27.7 Å². The van der Waals surface area contributed by atoms with Crippen molar-refractivity contribution in [2.45, 2.75) is 51.0 Å². The lowest BCUT2D eigenvalue weighted by atomic mass is 9.94. The van der Waals surface area contributed by atoms with Crippen LogP contribution in [0, 0.1) is 6.92 Å². The van der Waals surface area contributed by atoms with Crippen molar-refractivity contribution in [2.24, 2.45) is 7.05 Å². The van der Waals surface area contributed by atoms with Gasteiger partial charge in [0.2, 0.25) is 0 Å². The molecule has 130 valence electrons. The summed E-state index contributed by atoms with van der Waals surface area (Å²) in [6.45, 7) is 1.99. The van der Waals surface area contributed by atoms with E-state index in [0.717, 1.165) is 25.7 Å². The third kappa shape index (κ3) is 3.21. The second-order valence-electron chi connectivity index (χ2n) is 6.83. The van der Waals surface area contributed by atoms with E-state index in [1.54, 1.807) is 20.0 Å². The largest absolute Gasteiger partial charge is 0.388 e. The highest BCUT2D eigenvalue weighted by molar-refractivity contribution is 6.05. The molecule has 1 aliphatic carbocycles. The number of carbonyl (C=O) groups is 1. The molecule has 1 saturated carbocycles. The molecule has 0 spiro atoms. The molecule has 2 aromatic heterocycles. The number of nitrogens with one attached hydrogen (secondary N) is 2. The van der Waals surface area contributed by atoms with Gasteiger partial charge in [-0.25, -0.2) is 4.98 Å². The van der Waals surface area contributed by atoms with E-state index in [1.165, 1.54) is 4.68 Å². The number of aliphatic hydroxyl groups is 1. The molecule has 2 heterocycles. The quantitative estimate of drug-likeness (QED) is 0.739. The fraction of sp³-hybridized carbons (Fsp3) is 0.588. The lowest BCUT2D eigenvalue weighted by Crippen LogP contribution is -2.42. The number of nitrogens with zero attached hydrogens (tertiary/aromatic N) is 2. The van der Waals surface area contributed by atoms with Gasteiger partial charge in [-0.15, -0.1) is 0 Å². The number of aromatic nitrogens is 3. The van der Waals surface area contributed by atoms with Gasteiger partial charge in [-0.1, -0.05) is 25.7 Å². The van der Waals surface area contributed by atoms with Crippen molar-refractivity contribution >= 4 is 16.9 Å². The molecule has 3 rings (SSSR count). The predicted molar refractivity (Wildman–Crippen MR) is 91.1 cm³/mol. The van der Waals surface area contributed by atoms with E-state index in [9.17, 15) is 14.7 Å². The van der Waals surface area contributed by atoms with Gasteiger partial charge in [0.1, 0.15) is 0 Å². The Hall–Kier alpha value is -2.15. The van der Waals surface area contributed by atoms with E-state index in [4.69, 9.17) is 0 Å². The Bertz CT molecular complexity index is 813. The number of hydrogen-bond donors (Lipinski definition) is 3. The summed E-state index contributed by atoms with van der Waals surface area (Å²) in [5.41, 5.74) is 0.236. The number of pyridine rings is 1. The summed E-state index contributed by atoms with van der Waals surface area (Å²) in [6.07, 6.45) is 5.60. The molecule has 1 fully saturated rings. The average molecular weight is 332 g/mol. The van der Waals surface area contributed by atoms with Crippen molar-refractivity contribution in [2.75, 3.05) is 6.54 Å². The van der Waals surface area contributed by atoms with Gasteiger partial charge in [0, 0.05) is 19.3 Å². The van der Waals surface area contributed by atoms with Crippen LogP contribution in [0.25, 0.3) is 11.0 Å². The Balaban J connectivity index is 1.85. The number of rotatable bonds is 3. The molecule has 7 heteroatoms. The molecular weight excluding hydrogens is 308 g/mol. The summed E-state index contributed by atoms with van der Waals surface area (Å²) >= 11 is 0. The standard InChI is InChI=1S/C17H24N4O3/c1-11-9-12(13-14(19-11)21(2)20-16(13)23)15(22)18-10-17(24)7-5-3-4-6-8-17/h9,24H,3-8,10H2,1-2H3,(H,18,22)(H,20,23). The highest BCUT2D eigenvalue weighted by atomic mass is 16.3. The lowest BCUT2D eigenvalue weighted by molar-refractivity contribution is 0.0246. The van der Waals surface area contributed by atoms with Crippen LogP contribution in [0.4, 0.5) is 0 Å². The number of amides is 1. The van der Waals surface area contributed by atoms with E-state index in [0.29, 0.717) is 29.7 Å². The van der Waals surface area contributed by atoms with Gasteiger partial charge in [0.15, 0.2) is 5.65 Å². The molecule has 1 amide bonds. The Kier molecular flexibility index (Phi) is 4.45. The molecule has 0 aliphatic heterocycles. The summed E-state index contributed by atoms with van der Waals surface area (Å²) in [5.74, 6) is -0.347. The minimum atomic E-state index is -0.851. The van der Waals surface area contributed by atoms with Crippen molar-refractivity contribution in [3.8, 4) is 0 Å². The topological polar surface area (TPSA) is 100 Å². The Labute approximate surface area is 140 Å². The van der Waals surface area contributed by atoms with E-state index >= 15 is 0 Å². The number of aromatic amines is 1. The number of aryl methyl sites for hydroxylation is 2. The smallest absolute Gasteiger partial charge is 0.274 e. The normalized spacial score (nSPS) is 17.6. The first kappa shape index (κ1) is 16.7. The van der Waals surface area contributed by atoms with Crippen LogP contribution in [0.15, 0.2) is 10.9 Å².